The number of fused-ring (bicyclic) bond motifs is 1. The Kier molecular flexibility index (Phi) is 6.16. The number of anilines is 1. The Labute approximate surface area is 190 Å². The maximum atomic E-state index is 13.6. The SMILES string of the molecule is COc1ccc(CN2C(=O)C(Cc3ccccc3Cl)NC(=O)c3cc(Cl)ccc32)cc1. The molecular formula is C24H20Cl2N2O3. The zero-order chi connectivity index (χ0) is 22.0. The van der Waals surface area contributed by atoms with E-state index < -0.39 is 6.04 Å². The van der Waals surface area contributed by atoms with Gasteiger partial charge in [-0.1, -0.05) is 53.5 Å². The number of carbonyl (C=O) groups excluding carboxylic acids is 2. The van der Waals surface area contributed by atoms with Crippen LogP contribution in [0.3, 0.4) is 0 Å². The molecule has 1 atom stereocenters. The van der Waals surface area contributed by atoms with Gasteiger partial charge in [-0.25, -0.2) is 0 Å². The number of hydrogen-bond acceptors (Lipinski definition) is 3. The van der Waals surface area contributed by atoms with Crippen LogP contribution in [0, 0.1) is 0 Å². The van der Waals surface area contributed by atoms with E-state index in [1.807, 2.05) is 42.5 Å². The standard InChI is InChI=1S/C24H20Cl2N2O3/c1-31-18-9-6-15(7-10-18)14-28-22-11-8-17(25)13-19(22)23(29)27-21(24(28)30)12-16-4-2-3-5-20(16)26/h2-11,13,21H,12,14H2,1H3,(H,27,29). The molecule has 0 saturated heterocycles. The predicted octanol–water partition coefficient (Wildman–Crippen LogP) is 4.89. The summed E-state index contributed by atoms with van der Waals surface area (Å²) >= 11 is 12.5. The van der Waals surface area contributed by atoms with Crippen molar-refractivity contribution >= 4 is 40.7 Å². The monoisotopic (exact) mass is 454 g/mol. The molecule has 1 heterocycles. The molecular weight excluding hydrogens is 435 g/mol. The van der Waals surface area contributed by atoms with Crippen LogP contribution >= 0.6 is 23.2 Å². The number of nitrogens with zero attached hydrogens (tertiary/aromatic N) is 1. The summed E-state index contributed by atoms with van der Waals surface area (Å²) in [4.78, 5) is 28.2. The summed E-state index contributed by atoms with van der Waals surface area (Å²) in [5.74, 6) is 0.164. The van der Waals surface area contributed by atoms with Crippen LogP contribution < -0.4 is 15.0 Å². The number of rotatable bonds is 5. The van der Waals surface area contributed by atoms with Gasteiger partial charge in [-0.3, -0.25) is 9.59 Å². The maximum absolute atomic E-state index is 13.6. The summed E-state index contributed by atoms with van der Waals surface area (Å²) < 4.78 is 5.22. The van der Waals surface area contributed by atoms with Crippen LogP contribution in [0.1, 0.15) is 21.5 Å². The molecule has 0 bridgehead atoms. The number of ether oxygens (including phenoxy) is 1. The number of carbonyl (C=O) groups is 2. The molecule has 1 unspecified atom stereocenters. The number of nitrogens with one attached hydrogen (secondary N) is 1. The Morgan fingerprint density at radius 1 is 1.00 bits per heavy atom. The third-order valence-electron chi connectivity index (χ3n) is 5.25. The quantitative estimate of drug-likeness (QED) is 0.596. The summed E-state index contributed by atoms with van der Waals surface area (Å²) in [6.45, 7) is 0.297. The van der Waals surface area contributed by atoms with Crippen molar-refractivity contribution in [3.8, 4) is 5.75 Å². The van der Waals surface area contributed by atoms with Crippen molar-refractivity contribution in [3.63, 3.8) is 0 Å². The molecule has 4 rings (SSSR count). The van der Waals surface area contributed by atoms with E-state index in [0.29, 0.717) is 27.8 Å². The molecule has 1 aliphatic rings. The zero-order valence-corrected chi connectivity index (χ0v) is 18.3. The second kappa shape index (κ2) is 9.00. The average molecular weight is 455 g/mol. The molecule has 1 N–H and O–H groups in total. The minimum absolute atomic E-state index is 0.217. The topological polar surface area (TPSA) is 58.6 Å². The zero-order valence-electron chi connectivity index (χ0n) is 16.8. The van der Waals surface area contributed by atoms with Gasteiger partial charge >= 0.3 is 0 Å². The van der Waals surface area contributed by atoms with Crippen LogP contribution in [0.2, 0.25) is 10.0 Å². The van der Waals surface area contributed by atoms with Crippen molar-refractivity contribution in [1.29, 1.82) is 0 Å². The average Bonchev–Trinajstić information content (AvgIpc) is 2.86. The molecule has 3 aromatic rings. The van der Waals surface area contributed by atoms with Gasteiger partial charge in [-0.2, -0.15) is 0 Å². The van der Waals surface area contributed by atoms with Crippen molar-refractivity contribution in [2.24, 2.45) is 0 Å². The largest absolute Gasteiger partial charge is 0.497 e. The Morgan fingerprint density at radius 3 is 2.45 bits per heavy atom. The molecule has 0 saturated carbocycles. The highest BCUT2D eigenvalue weighted by atomic mass is 35.5. The summed E-state index contributed by atoms with van der Waals surface area (Å²) in [6, 6.07) is 19.0. The lowest BCUT2D eigenvalue weighted by Crippen LogP contribution is -2.47. The fraction of sp³-hybridized carbons (Fsp3) is 0.167. The lowest BCUT2D eigenvalue weighted by molar-refractivity contribution is -0.120. The van der Waals surface area contributed by atoms with Crippen LogP contribution in [0.15, 0.2) is 66.7 Å². The maximum Gasteiger partial charge on any atom is 0.254 e. The van der Waals surface area contributed by atoms with Crippen molar-refractivity contribution in [3.05, 3.63) is 93.5 Å². The van der Waals surface area contributed by atoms with E-state index in [9.17, 15) is 9.59 Å². The lowest BCUT2D eigenvalue weighted by atomic mass is 10.0. The Hall–Kier alpha value is -3.02. The van der Waals surface area contributed by atoms with Gasteiger partial charge in [0.25, 0.3) is 5.91 Å². The van der Waals surface area contributed by atoms with Crippen molar-refractivity contribution in [1.82, 2.24) is 5.32 Å². The third-order valence-corrected chi connectivity index (χ3v) is 5.85. The molecule has 0 aromatic heterocycles. The third kappa shape index (κ3) is 4.53. The molecule has 7 heteroatoms. The van der Waals surface area contributed by atoms with E-state index in [0.717, 1.165) is 16.9 Å². The van der Waals surface area contributed by atoms with E-state index in [-0.39, 0.29) is 18.2 Å². The fourth-order valence-corrected chi connectivity index (χ4v) is 4.01. The van der Waals surface area contributed by atoms with E-state index in [1.54, 1.807) is 36.3 Å². The molecule has 2 amide bonds. The Bertz CT molecular complexity index is 1130. The first-order valence-electron chi connectivity index (χ1n) is 9.74. The van der Waals surface area contributed by atoms with E-state index in [2.05, 4.69) is 5.32 Å². The van der Waals surface area contributed by atoms with Crippen molar-refractivity contribution < 1.29 is 14.3 Å². The predicted molar refractivity (Wildman–Crippen MR) is 122 cm³/mol. The number of amides is 2. The second-order valence-electron chi connectivity index (χ2n) is 7.26. The van der Waals surface area contributed by atoms with Gasteiger partial charge in [-0.15, -0.1) is 0 Å². The van der Waals surface area contributed by atoms with Crippen LogP contribution in [0.5, 0.6) is 5.75 Å². The molecule has 0 fully saturated rings. The fourth-order valence-electron chi connectivity index (χ4n) is 3.63. The molecule has 0 spiro atoms. The first-order valence-corrected chi connectivity index (χ1v) is 10.5. The minimum Gasteiger partial charge on any atom is -0.497 e. The normalized spacial score (nSPS) is 15.8. The number of benzene rings is 3. The molecule has 158 valence electrons. The van der Waals surface area contributed by atoms with Crippen LogP contribution in [-0.4, -0.2) is 25.0 Å². The van der Waals surface area contributed by atoms with Gasteiger partial charge in [0.2, 0.25) is 5.91 Å². The van der Waals surface area contributed by atoms with Crippen molar-refractivity contribution in [2.45, 2.75) is 19.0 Å². The highest BCUT2D eigenvalue weighted by Crippen LogP contribution is 2.30. The summed E-state index contributed by atoms with van der Waals surface area (Å²) in [6.07, 6.45) is 0.283. The summed E-state index contributed by atoms with van der Waals surface area (Å²) in [5.41, 5.74) is 2.57. The molecule has 1 aliphatic heterocycles. The summed E-state index contributed by atoms with van der Waals surface area (Å²) in [7, 11) is 1.60. The number of halogens is 2. The molecule has 0 radical (unpaired) electrons. The van der Waals surface area contributed by atoms with Gasteiger partial charge < -0.3 is 15.0 Å². The first kappa shape index (κ1) is 21.2. The second-order valence-corrected chi connectivity index (χ2v) is 8.10. The van der Waals surface area contributed by atoms with Crippen LogP contribution in [0.25, 0.3) is 0 Å². The Morgan fingerprint density at radius 2 is 1.74 bits per heavy atom. The van der Waals surface area contributed by atoms with Crippen LogP contribution in [0.4, 0.5) is 5.69 Å². The van der Waals surface area contributed by atoms with Gasteiger partial charge in [0.05, 0.1) is 24.9 Å². The summed E-state index contributed by atoms with van der Waals surface area (Å²) in [5, 5.41) is 3.83. The van der Waals surface area contributed by atoms with E-state index in [1.165, 1.54) is 0 Å². The van der Waals surface area contributed by atoms with Crippen LogP contribution in [-0.2, 0) is 17.8 Å². The van der Waals surface area contributed by atoms with Gasteiger partial charge in [-0.05, 0) is 47.5 Å². The van der Waals surface area contributed by atoms with Crippen molar-refractivity contribution in [2.75, 3.05) is 12.0 Å². The smallest absolute Gasteiger partial charge is 0.254 e. The Balaban J connectivity index is 1.72. The van der Waals surface area contributed by atoms with E-state index in [4.69, 9.17) is 27.9 Å². The van der Waals surface area contributed by atoms with Gasteiger partial charge in [0.1, 0.15) is 11.8 Å². The number of methoxy groups -OCH3 is 1. The minimum atomic E-state index is -0.767. The molecule has 31 heavy (non-hydrogen) atoms. The number of hydrogen-bond donors (Lipinski definition) is 1. The lowest BCUT2D eigenvalue weighted by Gasteiger charge is -2.26. The molecule has 0 aliphatic carbocycles. The highest BCUT2D eigenvalue weighted by Gasteiger charge is 2.34. The highest BCUT2D eigenvalue weighted by molar-refractivity contribution is 6.31. The molecule has 5 nitrogen and oxygen atoms in total. The van der Waals surface area contributed by atoms with Gasteiger partial charge in [0, 0.05) is 16.5 Å². The van der Waals surface area contributed by atoms with E-state index >= 15 is 0 Å². The molecule has 3 aromatic carbocycles. The van der Waals surface area contributed by atoms with Gasteiger partial charge in [0.15, 0.2) is 0 Å². The first-order chi connectivity index (χ1) is 15.0.